The summed E-state index contributed by atoms with van der Waals surface area (Å²) in [6.45, 7) is 5.22. The first-order valence-electron chi connectivity index (χ1n) is 11.1. The van der Waals surface area contributed by atoms with Crippen molar-refractivity contribution in [2.45, 2.75) is 45.4 Å². The molecule has 0 bridgehead atoms. The van der Waals surface area contributed by atoms with Crippen LogP contribution in [0.3, 0.4) is 0 Å². The second-order valence-corrected chi connectivity index (χ2v) is 8.59. The number of benzene rings is 1. The first-order chi connectivity index (χ1) is 16.3. The number of ether oxygens (including phenoxy) is 1. The number of carbonyl (C=O) groups is 2. The van der Waals surface area contributed by atoms with E-state index in [2.05, 4.69) is 26.5 Å². The number of hydrogen-bond acceptors (Lipinski definition) is 8. The molecule has 3 heterocycles. The highest BCUT2D eigenvalue weighted by Crippen LogP contribution is 2.40. The van der Waals surface area contributed by atoms with Gasteiger partial charge in [0.15, 0.2) is 5.82 Å². The third-order valence-corrected chi connectivity index (χ3v) is 6.28. The summed E-state index contributed by atoms with van der Waals surface area (Å²) < 4.78 is 5.46. The average molecular weight is 465 g/mol. The number of nitrogens with zero attached hydrogens (tertiary/aromatic N) is 4. The zero-order chi connectivity index (χ0) is 24.4. The number of aromatic nitrogens is 1. The van der Waals surface area contributed by atoms with Gasteiger partial charge in [0.2, 0.25) is 5.91 Å². The van der Waals surface area contributed by atoms with Gasteiger partial charge in [-0.2, -0.15) is 5.10 Å². The highest BCUT2D eigenvalue weighted by molar-refractivity contribution is 6.31. The van der Waals surface area contributed by atoms with Gasteiger partial charge < -0.3 is 21.0 Å². The van der Waals surface area contributed by atoms with E-state index >= 15 is 0 Å². The number of amides is 2. The van der Waals surface area contributed by atoms with Gasteiger partial charge in [-0.15, -0.1) is 0 Å². The van der Waals surface area contributed by atoms with Gasteiger partial charge in [0.1, 0.15) is 6.10 Å². The maximum Gasteiger partial charge on any atom is 0.415 e. The Labute approximate surface area is 197 Å². The largest absolute Gasteiger partial charge is 0.442 e. The zero-order valence-electron chi connectivity index (χ0n) is 19.3. The number of aliphatic imine (C=N–C) groups is 1. The van der Waals surface area contributed by atoms with Crippen molar-refractivity contribution in [1.29, 1.82) is 0 Å². The SMILES string of the molecule is CC(=O)NC[C@@H]1OC(=O)N2c3ccc(-c4ccc(N=CC(=NN)C(C)C(C)O)nc4)cc3C[C@@H]12. The summed E-state index contributed by atoms with van der Waals surface area (Å²) in [5.41, 5.74) is 4.25. The fourth-order valence-electron chi connectivity index (χ4n) is 4.16. The van der Waals surface area contributed by atoms with Gasteiger partial charge in [-0.1, -0.05) is 13.0 Å². The molecule has 1 fully saturated rings. The van der Waals surface area contributed by atoms with Crippen molar-refractivity contribution in [3.63, 3.8) is 0 Å². The van der Waals surface area contributed by atoms with Gasteiger partial charge in [-0.3, -0.25) is 9.69 Å². The number of hydrazone groups is 1. The van der Waals surface area contributed by atoms with E-state index in [1.165, 1.54) is 13.1 Å². The molecule has 1 aromatic heterocycles. The van der Waals surface area contributed by atoms with Crippen LogP contribution in [0, 0.1) is 5.92 Å². The molecular weight excluding hydrogens is 436 g/mol. The molecular formula is C24H28N6O4. The van der Waals surface area contributed by atoms with Crippen LogP contribution >= 0.6 is 0 Å². The molecule has 34 heavy (non-hydrogen) atoms. The number of rotatable bonds is 7. The summed E-state index contributed by atoms with van der Waals surface area (Å²) in [4.78, 5) is 34.1. The molecule has 0 radical (unpaired) electrons. The molecule has 2 amide bonds. The van der Waals surface area contributed by atoms with Gasteiger partial charge >= 0.3 is 6.09 Å². The third kappa shape index (κ3) is 4.62. The van der Waals surface area contributed by atoms with E-state index in [-0.39, 0.29) is 30.1 Å². The zero-order valence-corrected chi connectivity index (χ0v) is 19.3. The molecule has 0 spiro atoms. The number of aliphatic hydroxyl groups excluding tert-OH is 1. The quantitative estimate of drug-likeness (QED) is 0.326. The second kappa shape index (κ2) is 9.60. The minimum absolute atomic E-state index is 0.137. The molecule has 0 saturated carbocycles. The normalized spacial score (nSPS) is 21.2. The molecule has 10 heteroatoms. The second-order valence-electron chi connectivity index (χ2n) is 8.59. The molecule has 2 aromatic rings. The van der Waals surface area contributed by atoms with E-state index in [1.54, 1.807) is 24.1 Å². The van der Waals surface area contributed by atoms with Crippen LogP contribution in [0.5, 0.6) is 0 Å². The van der Waals surface area contributed by atoms with E-state index in [4.69, 9.17) is 10.6 Å². The lowest BCUT2D eigenvalue weighted by Gasteiger charge is -2.16. The Bertz CT molecular complexity index is 1140. The molecule has 2 unspecified atom stereocenters. The predicted molar refractivity (Wildman–Crippen MR) is 129 cm³/mol. The van der Waals surface area contributed by atoms with Crippen molar-refractivity contribution in [1.82, 2.24) is 10.3 Å². The van der Waals surface area contributed by atoms with Crippen LogP contribution in [-0.4, -0.2) is 58.8 Å². The molecule has 0 aliphatic carbocycles. The maximum atomic E-state index is 12.4. The number of nitrogens with two attached hydrogens (primary N) is 1. The van der Waals surface area contributed by atoms with Crippen LogP contribution in [0.2, 0.25) is 0 Å². The smallest absolute Gasteiger partial charge is 0.415 e. The number of hydrogen-bond donors (Lipinski definition) is 3. The first-order valence-corrected chi connectivity index (χ1v) is 11.1. The average Bonchev–Trinajstić information content (AvgIpc) is 3.34. The number of pyridine rings is 1. The molecule has 10 nitrogen and oxygen atoms in total. The molecule has 2 aliphatic rings. The van der Waals surface area contributed by atoms with E-state index in [0.29, 0.717) is 24.5 Å². The van der Waals surface area contributed by atoms with E-state index in [1.807, 2.05) is 25.1 Å². The molecule has 4 rings (SSSR count). The van der Waals surface area contributed by atoms with Crippen LogP contribution in [0.25, 0.3) is 11.1 Å². The summed E-state index contributed by atoms with van der Waals surface area (Å²) in [6.07, 6.45) is 2.53. The lowest BCUT2D eigenvalue weighted by Crippen LogP contribution is -2.40. The number of anilines is 1. The lowest BCUT2D eigenvalue weighted by atomic mass is 10.0. The molecule has 2 aliphatic heterocycles. The van der Waals surface area contributed by atoms with Crippen LogP contribution < -0.4 is 16.1 Å². The molecule has 1 saturated heterocycles. The molecule has 1 aromatic carbocycles. The third-order valence-electron chi connectivity index (χ3n) is 6.28. The van der Waals surface area contributed by atoms with Gasteiger partial charge in [0.05, 0.1) is 36.3 Å². The van der Waals surface area contributed by atoms with Gasteiger partial charge in [-0.25, -0.2) is 14.8 Å². The molecule has 4 atom stereocenters. The minimum Gasteiger partial charge on any atom is -0.442 e. The van der Waals surface area contributed by atoms with E-state index in [9.17, 15) is 14.7 Å². The Morgan fingerprint density at radius 2 is 2.12 bits per heavy atom. The van der Waals surface area contributed by atoms with Crippen LogP contribution in [-0.2, 0) is 16.0 Å². The van der Waals surface area contributed by atoms with Crippen LogP contribution in [0.15, 0.2) is 46.6 Å². The van der Waals surface area contributed by atoms with Crippen molar-refractivity contribution in [2.24, 2.45) is 21.9 Å². The van der Waals surface area contributed by atoms with Crippen molar-refractivity contribution in [2.75, 3.05) is 11.4 Å². The van der Waals surface area contributed by atoms with Crippen molar-refractivity contribution >= 4 is 35.4 Å². The highest BCUT2D eigenvalue weighted by Gasteiger charge is 2.47. The van der Waals surface area contributed by atoms with Gasteiger partial charge in [0, 0.05) is 24.6 Å². The monoisotopic (exact) mass is 464 g/mol. The van der Waals surface area contributed by atoms with E-state index in [0.717, 1.165) is 22.4 Å². The highest BCUT2D eigenvalue weighted by atomic mass is 16.6. The van der Waals surface area contributed by atoms with Gasteiger partial charge in [0.25, 0.3) is 0 Å². The standard InChI is InChI=1S/C24H28N6O4/c1-13(14(2)31)19(29-25)11-28-23-7-5-17(10-27-23)16-4-6-20-18(8-16)9-21-22(12-26-15(3)32)34-24(33)30(20)21/h4-8,10-11,13-14,21-22,31H,9,12,25H2,1-3H3,(H,26,32)/t13?,14?,21-,22-/m0/s1. The summed E-state index contributed by atoms with van der Waals surface area (Å²) in [5.74, 6) is 5.51. The number of nitrogens with one attached hydrogen (secondary N) is 1. The molecule has 178 valence electrons. The number of aliphatic hydroxyl groups is 1. The summed E-state index contributed by atoms with van der Waals surface area (Å²) in [7, 11) is 0. The fraction of sp³-hybridized carbons (Fsp3) is 0.375. The Kier molecular flexibility index (Phi) is 6.60. The number of carbonyl (C=O) groups excluding carboxylic acids is 2. The van der Waals surface area contributed by atoms with Gasteiger partial charge in [-0.05, 0) is 48.7 Å². The van der Waals surface area contributed by atoms with E-state index < -0.39 is 6.10 Å². The topological polar surface area (TPSA) is 142 Å². The number of cyclic esters (lactones) is 1. The molecule has 4 N–H and O–H groups in total. The minimum atomic E-state index is -0.595. The van der Waals surface area contributed by atoms with Crippen LogP contribution in [0.1, 0.15) is 26.3 Å². The summed E-state index contributed by atoms with van der Waals surface area (Å²) >= 11 is 0. The Morgan fingerprint density at radius 1 is 1.35 bits per heavy atom. The maximum absolute atomic E-state index is 12.4. The van der Waals surface area contributed by atoms with Crippen LogP contribution in [0.4, 0.5) is 16.3 Å². The Hall–Kier alpha value is -3.79. The summed E-state index contributed by atoms with van der Waals surface area (Å²) in [6, 6.07) is 9.49. The van der Waals surface area contributed by atoms with Crippen molar-refractivity contribution in [3.05, 3.63) is 42.1 Å². The van der Waals surface area contributed by atoms with Crippen molar-refractivity contribution in [3.8, 4) is 11.1 Å². The number of fused-ring (bicyclic) bond motifs is 3. The lowest BCUT2D eigenvalue weighted by molar-refractivity contribution is -0.119. The Balaban J connectivity index is 1.49. The summed E-state index contributed by atoms with van der Waals surface area (Å²) in [5, 5.41) is 16.2. The Morgan fingerprint density at radius 3 is 2.76 bits per heavy atom. The van der Waals surface area contributed by atoms with Crippen molar-refractivity contribution < 1.29 is 19.4 Å². The fourth-order valence-corrected chi connectivity index (χ4v) is 4.16. The predicted octanol–water partition coefficient (Wildman–Crippen LogP) is 2.17. The first kappa shape index (κ1) is 23.4.